The molecule has 0 atom stereocenters. The molecule has 1 aromatic heterocycles. The lowest BCUT2D eigenvalue weighted by Gasteiger charge is -2.20. The van der Waals surface area contributed by atoms with Crippen LogP contribution in [0.25, 0.3) is 0 Å². The Labute approximate surface area is 110 Å². The first-order valence-corrected chi connectivity index (χ1v) is 6.94. The maximum absolute atomic E-state index is 4.67. The molecular formula is C14H24N4. The van der Waals surface area contributed by atoms with Gasteiger partial charge in [-0.25, -0.2) is 9.97 Å². The van der Waals surface area contributed by atoms with Crippen LogP contribution in [-0.4, -0.2) is 30.1 Å². The van der Waals surface area contributed by atoms with Gasteiger partial charge in [0.25, 0.3) is 0 Å². The quantitative estimate of drug-likeness (QED) is 0.840. The zero-order chi connectivity index (χ0) is 13.1. The summed E-state index contributed by atoms with van der Waals surface area (Å²) in [5, 5.41) is 3.29. The van der Waals surface area contributed by atoms with Crippen molar-refractivity contribution in [1.82, 2.24) is 9.97 Å². The predicted molar refractivity (Wildman–Crippen MR) is 76.3 cm³/mol. The Hall–Kier alpha value is -1.32. The van der Waals surface area contributed by atoms with E-state index in [-0.39, 0.29) is 0 Å². The minimum Gasteiger partial charge on any atom is -0.370 e. The second-order valence-electron chi connectivity index (χ2n) is 5.48. The highest BCUT2D eigenvalue weighted by atomic mass is 15.2. The van der Waals surface area contributed by atoms with Crippen molar-refractivity contribution in [2.75, 3.05) is 30.4 Å². The van der Waals surface area contributed by atoms with Crippen molar-refractivity contribution in [2.45, 2.75) is 39.5 Å². The summed E-state index contributed by atoms with van der Waals surface area (Å²) < 4.78 is 0. The van der Waals surface area contributed by atoms with Gasteiger partial charge >= 0.3 is 0 Å². The smallest absolute Gasteiger partial charge is 0.135 e. The molecule has 4 heteroatoms. The summed E-state index contributed by atoms with van der Waals surface area (Å²) >= 11 is 0. The molecule has 1 N–H and O–H groups in total. The molecule has 1 saturated carbocycles. The second kappa shape index (κ2) is 5.55. The Kier molecular flexibility index (Phi) is 4.04. The predicted octanol–water partition coefficient (Wildman–Crippen LogP) is 2.88. The van der Waals surface area contributed by atoms with Crippen molar-refractivity contribution in [3.63, 3.8) is 0 Å². The first-order chi connectivity index (χ1) is 8.60. The van der Waals surface area contributed by atoms with Crippen LogP contribution >= 0.6 is 0 Å². The van der Waals surface area contributed by atoms with Gasteiger partial charge in [-0.1, -0.05) is 13.8 Å². The highest BCUT2D eigenvalue weighted by Crippen LogP contribution is 2.31. The second-order valence-corrected chi connectivity index (χ2v) is 5.48. The third kappa shape index (κ3) is 3.34. The van der Waals surface area contributed by atoms with E-state index in [4.69, 9.17) is 0 Å². The SMILES string of the molecule is CCNc1cc(N(C)CC2CC2)nc(C(C)C)n1. The van der Waals surface area contributed by atoms with Gasteiger partial charge in [0.05, 0.1) is 0 Å². The zero-order valence-electron chi connectivity index (χ0n) is 11.9. The monoisotopic (exact) mass is 248 g/mol. The summed E-state index contributed by atoms with van der Waals surface area (Å²) in [6, 6.07) is 2.05. The summed E-state index contributed by atoms with van der Waals surface area (Å²) in [5.74, 6) is 4.13. The van der Waals surface area contributed by atoms with Crippen LogP contribution in [0, 0.1) is 5.92 Å². The van der Waals surface area contributed by atoms with Crippen LogP contribution in [0.2, 0.25) is 0 Å². The van der Waals surface area contributed by atoms with Crippen LogP contribution in [0.4, 0.5) is 11.6 Å². The molecule has 4 nitrogen and oxygen atoms in total. The molecule has 0 aromatic carbocycles. The summed E-state index contributed by atoms with van der Waals surface area (Å²) in [7, 11) is 2.13. The largest absolute Gasteiger partial charge is 0.370 e. The molecule has 1 aliphatic carbocycles. The van der Waals surface area contributed by atoms with Crippen LogP contribution in [-0.2, 0) is 0 Å². The van der Waals surface area contributed by atoms with Crippen molar-refractivity contribution in [3.05, 3.63) is 11.9 Å². The molecule has 0 amide bonds. The first kappa shape index (κ1) is 13.1. The molecule has 2 rings (SSSR count). The normalized spacial score (nSPS) is 14.9. The Morgan fingerprint density at radius 3 is 2.67 bits per heavy atom. The van der Waals surface area contributed by atoms with E-state index in [1.165, 1.54) is 12.8 Å². The Bertz CT molecular complexity index is 399. The van der Waals surface area contributed by atoms with Crippen molar-refractivity contribution < 1.29 is 0 Å². The molecule has 18 heavy (non-hydrogen) atoms. The van der Waals surface area contributed by atoms with E-state index >= 15 is 0 Å². The molecule has 0 aliphatic heterocycles. The van der Waals surface area contributed by atoms with Gasteiger partial charge in [0.2, 0.25) is 0 Å². The molecule has 0 saturated heterocycles. The lowest BCUT2D eigenvalue weighted by molar-refractivity contribution is 0.742. The number of anilines is 2. The van der Waals surface area contributed by atoms with Crippen LogP contribution in [0.1, 0.15) is 45.4 Å². The first-order valence-electron chi connectivity index (χ1n) is 6.94. The summed E-state index contributed by atoms with van der Waals surface area (Å²) in [6.45, 7) is 8.36. The number of hydrogen-bond donors (Lipinski definition) is 1. The number of aromatic nitrogens is 2. The van der Waals surface area contributed by atoms with Crippen molar-refractivity contribution in [1.29, 1.82) is 0 Å². The maximum Gasteiger partial charge on any atom is 0.135 e. The molecule has 1 aliphatic rings. The standard InChI is InChI=1S/C14H24N4/c1-5-15-12-8-13(17-14(16-12)10(2)3)18(4)9-11-6-7-11/h8,10-11H,5-7,9H2,1-4H3,(H,15,16,17). The van der Waals surface area contributed by atoms with Gasteiger partial charge in [-0.05, 0) is 25.7 Å². The molecule has 1 fully saturated rings. The number of rotatable bonds is 6. The van der Waals surface area contributed by atoms with E-state index in [0.717, 1.165) is 36.5 Å². The van der Waals surface area contributed by atoms with E-state index in [1.807, 2.05) is 0 Å². The van der Waals surface area contributed by atoms with Crippen LogP contribution in [0.15, 0.2) is 6.07 Å². The van der Waals surface area contributed by atoms with Gasteiger partial charge in [-0.15, -0.1) is 0 Å². The molecular weight excluding hydrogens is 224 g/mol. The Morgan fingerprint density at radius 1 is 1.39 bits per heavy atom. The van der Waals surface area contributed by atoms with E-state index in [1.54, 1.807) is 0 Å². The third-order valence-electron chi connectivity index (χ3n) is 3.22. The molecule has 1 heterocycles. The summed E-state index contributed by atoms with van der Waals surface area (Å²) in [6.07, 6.45) is 2.74. The van der Waals surface area contributed by atoms with Gasteiger partial charge in [0.15, 0.2) is 0 Å². The van der Waals surface area contributed by atoms with Crippen LogP contribution < -0.4 is 10.2 Å². The highest BCUT2D eigenvalue weighted by Gasteiger charge is 2.23. The van der Waals surface area contributed by atoms with Crippen LogP contribution in [0.5, 0.6) is 0 Å². The van der Waals surface area contributed by atoms with Crippen molar-refractivity contribution >= 4 is 11.6 Å². The molecule has 0 bridgehead atoms. The summed E-state index contributed by atoms with van der Waals surface area (Å²) in [4.78, 5) is 11.5. The van der Waals surface area contributed by atoms with Gasteiger partial charge in [0, 0.05) is 32.1 Å². The van der Waals surface area contributed by atoms with E-state index in [9.17, 15) is 0 Å². The number of nitrogens with one attached hydrogen (secondary N) is 1. The maximum atomic E-state index is 4.67. The summed E-state index contributed by atoms with van der Waals surface area (Å²) in [5.41, 5.74) is 0. The molecule has 0 radical (unpaired) electrons. The highest BCUT2D eigenvalue weighted by molar-refractivity contribution is 5.49. The van der Waals surface area contributed by atoms with Gasteiger partial charge < -0.3 is 10.2 Å². The van der Waals surface area contributed by atoms with Crippen molar-refractivity contribution in [3.8, 4) is 0 Å². The lowest BCUT2D eigenvalue weighted by atomic mass is 10.2. The van der Waals surface area contributed by atoms with Crippen LogP contribution in [0.3, 0.4) is 0 Å². The minimum absolute atomic E-state index is 0.358. The van der Waals surface area contributed by atoms with Gasteiger partial charge in [0.1, 0.15) is 17.5 Å². The van der Waals surface area contributed by atoms with E-state index < -0.39 is 0 Å². The average molecular weight is 248 g/mol. The minimum atomic E-state index is 0.358. The van der Waals surface area contributed by atoms with E-state index in [2.05, 4.69) is 54.1 Å². The van der Waals surface area contributed by atoms with Gasteiger partial charge in [-0.3, -0.25) is 0 Å². The molecule has 100 valence electrons. The topological polar surface area (TPSA) is 41.0 Å². The molecule has 1 aromatic rings. The third-order valence-corrected chi connectivity index (χ3v) is 3.22. The molecule has 0 unspecified atom stereocenters. The fraction of sp³-hybridized carbons (Fsp3) is 0.714. The average Bonchev–Trinajstić information content (AvgIpc) is 3.13. The number of nitrogens with zero attached hydrogens (tertiary/aromatic N) is 3. The number of hydrogen-bond acceptors (Lipinski definition) is 4. The van der Waals surface area contributed by atoms with Crippen molar-refractivity contribution in [2.24, 2.45) is 5.92 Å². The zero-order valence-corrected chi connectivity index (χ0v) is 11.9. The fourth-order valence-electron chi connectivity index (χ4n) is 1.96. The fourth-order valence-corrected chi connectivity index (χ4v) is 1.96. The molecule has 0 spiro atoms. The lowest BCUT2D eigenvalue weighted by Crippen LogP contribution is -2.22. The Balaban J connectivity index is 2.20. The van der Waals surface area contributed by atoms with Gasteiger partial charge in [-0.2, -0.15) is 0 Å². The van der Waals surface area contributed by atoms with E-state index in [0.29, 0.717) is 5.92 Å². The Morgan fingerprint density at radius 2 is 2.11 bits per heavy atom.